The van der Waals surface area contributed by atoms with E-state index in [0.29, 0.717) is 5.56 Å². The fraction of sp³-hybridized carbons (Fsp3) is 0.500. The highest BCUT2D eigenvalue weighted by atomic mass is 16.5. The van der Waals surface area contributed by atoms with Crippen molar-refractivity contribution >= 4 is 16.9 Å². The van der Waals surface area contributed by atoms with Crippen molar-refractivity contribution in [3.05, 3.63) is 36.0 Å². The molecule has 2 aliphatic rings. The molecular weight excluding hydrogens is 262 g/mol. The molecule has 2 atom stereocenters. The number of carbonyl (C=O) groups excluding carboxylic acids is 1. The lowest BCUT2D eigenvalue weighted by Gasteiger charge is -2.38. The summed E-state index contributed by atoms with van der Waals surface area (Å²) in [6.07, 6.45) is 9.36. The van der Waals surface area contributed by atoms with Gasteiger partial charge in [0.15, 0.2) is 0 Å². The second-order valence-corrected chi connectivity index (χ2v) is 6.65. The third-order valence-electron chi connectivity index (χ3n) is 5.17. The van der Waals surface area contributed by atoms with Crippen molar-refractivity contribution in [3.63, 3.8) is 0 Å². The van der Waals surface area contributed by atoms with Crippen LogP contribution in [0.15, 0.2) is 30.5 Å². The Morgan fingerprint density at radius 3 is 2.67 bits per heavy atom. The van der Waals surface area contributed by atoms with Crippen LogP contribution in [0.1, 0.15) is 48.9 Å². The number of hydrogen-bond donors (Lipinski definition) is 1. The maximum absolute atomic E-state index is 12.5. The minimum Gasteiger partial charge on any atom is -0.459 e. The molecule has 2 bridgehead atoms. The summed E-state index contributed by atoms with van der Waals surface area (Å²) in [6, 6.07) is 7.88. The summed E-state index contributed by atoms with van der Waals surface area (Å²) >= 11 is 0. The molecule has 4 rings (SSSR count). The quantitative estimate of drug-likeness (QED) is 0.835. The molecule has 0 radical (unpaired) electrons. The van der Waals surface area contributed by atoms with Crippen molar-refractivity contribution in [3.8, 4) is 0 Å². The molecule has 3 nitrogen and oxygen atoms in total. The molecule has 110 valence electrons. The van der Waals surface area contributed by atoms with Gasteiger partial charge < -0.3 is 9.72 Å². The predicted octanol–water partition coefficient (Wildman–Crippen LogP) is 4.29. The fourth-order valence-electron chi connectivity index (χ4n) is 4.22. The molecule has 2 aromatic rings. The lowest BCUT2D eigenvalue weighted by molar-refractivity contribution is -0.00356. The van der Waals surface area contributed by atoms with Gasteiger partial charge in [-0.1, -0.05) is 37.5 Å². The minimum atomic E-state index is -0.169. The molecule has 1 aromatic carbocycles. The molecule has 1 aromatic heterocycles. The fourth-order valence-corrected chi connectivity index (χ4v) is 4.22. The Morgan fingerprint density at radius 1 is 1.10 bits per heavy atom. The maximum Gasteiger partial charge on any atom is 0.340 e. The standard InChI is InChI=1S/C18H21NO2/c20-18(16-11-19-17-7-2-1-6-15(16)17)21-14-9-12-4-3-5-13(8-12)10-14/h1-2,6-7,11-14,19H,3-5,8-10H2. The Hall–Kier alpha value is -1.77. The third kappa shape index (κ3) is 2.45. The second kappa shape index (κ2) is 5.21. The van der Waals surface area contributed by atoms with Gasteiger partial charge in [-0.2, -0.15) is 0 Å². The Balaban J connectivity index is 1.50. The van der Waals surface area contributed by atoms with Gasteiger partial charge in [-0.15, -0.1) is 0 Å². The number of para-hydroxylation sites is 1. The first-order valence-corrected chi connectivity index (χ1v) is 8.06. The number of rotatable bonds is 2. The molecule has 1 N–H and O–H groups in total. The highest BCUT2D eigenvalue weighted by Gasteiger charge is 2.34. The van der Waals surface area contributed by atoms with Crippen LogP contribution in [0.25, 0.3) is 10.9 Å². The largest absolute Gasteiger partial charge is 0.459 e. The Kier molecular flexibility index (Phi) is 3.21. The van der Waals surface area contributed by atoms with Gasteiger partial charge in [-0.3, -0.25) is 0 Å². The van der Waals surface area contributed by atoms with Crippen molar-refractivity contribution in [2.24, 2.45) is 11.8 Å². The van der Waals surface area contributed by atoms with Crippen LogP contribution in [-0.2, 0) is 4.74 Å². The van der Waals surface area contributed by atoms with Gasteiger partial charge in [0.25, 0.3) is 0 Å². The Labute approximate surface area is 124 Å². The lowest BCUT2D eigenvalue weighted by atomic mass is 9.71. The number of hydrogen-bond acceptors (Lipinski definition) is 2. The predicted molar refractivity (Wildman–Crippen MR) is 82.2 cm³/mol. The van der Waals surface area contributed by atoms with Gasteiger partial charge in [-0.25, -0.2) is 4.79 Å². The normalized spacial score (nSPS) is 28.5. The summed E-state index contributed by atoms with van der Waals surface area (Å²) < 4.78 is 5.82. The summed E-state index contributed by atoms with van der Waals surface area (Å²) in [5.74, 6) is 1.38. The highest BCUT2D eigenvalue weighted by molar-refractivity contribution is 6.04. The number of nitrogens with one attached hydrogen (secondary N) is 1. The van der Waals surface area contributed by atoms with E-state index < -0.39 is 0 Å². The first-order chi connectivity index (χ1) is 10.3. The summed E-state index contributed by atoms with van der Waals surface area (Å²) in [5, 5.41) is 0.957. The van der Waals surface area contributed by atoms with Gasteiger partial charge in [-0.05, 0) is 37.2 Å². The molecule has 0 aliphatic heterocycles. The highest BCUT2D eigenvalue weighted by Crippen LogP contribution is 2.41. The monoisotopic (exact) mass is 283 g/mol. The van der Waals surface area contributed by atoms with Crippen molar-refractivity contribution in [2.75, 3.05) is 0 Å². The molecule has 2 fully saturated rings. The molecule has 0 spiro atoms. The van der Waals surface area contributed by atoms with E-state index in [1.807, 2.05) is 24.3 Å². The maximum atomic E-state index is 12.5. The summed E-state index contributed by atoms with van der Waals surface area (Å²) in [7, 11) is 0. The van der Waals surface area contributed by atoms with Crippen molar-refractivity contribution < 1.29 is 9.53 Å². The zero-order chi connectivity index (χ0) is 14.2. The first kappa shape index (κ1) is 12.9. The number of H-pyrrole nitrogens is 1. The van der Waals surface area contributed by atoms with Crippen LogP contribution in [0.4, 0.5) is 0 Å². The average Bonchev–Trinajstić information content (AvgIpc) is 2.91. The van der Waals surface area contributed by atoms with Crippen LogP contribution in [0.2, 0.25) is 0 Å². The summed E-state index contributed by atoms with van der Waals surface area (Å²) in [4.78, 5) is 15.6. The van der Waals surface area contributed by atoms with Gasteiger partial charge in [0.05, 0.1) is 5.56 Å². The Bertz CT molecular complexity index is 648. The van der Waals surface area contributed by atoms with E-state index in [0.717, 1.165) is 35.6 Å². The SMILES string of the molecule is O=C(OC1CC2CCCC(C2)C1)c1c[nH]c2ccccc12. The number of esters is 1. The van der Waals surface area contributed by atoms with Crippen LogP contribution in [0, 0.1) is 11.8 Å². The van der Waals surface area contributed by atoms with Crippen molar-refractivity contribution in [1.82, 2.24) is 4.98 Å². The van der Waals surface area contributed by atoms with E-state index in [2.05, 4.69) is 4.98 Å². The first-order valence-electron chi connectivity index (χ1n) is 8.06. The third-order valence-corrected chi connectivity index (χ3v) is 5.17. The van der Waals surface area contributed by atoms with Gasteiger partial charge >= 0.3 is 5.97 Å². The molecule has 2 saturated carbocycles. The van der Waals surface area contributed by atoms with E-state index >= 15 is 0 Å². The zero-order valence-corrected chi connectivity index (χ0v) is 12.2. The molecule has 21 heavy (non-hydrogen) atoms. The van der Waals surface area contributed by atoms with E-state index in [1.54, 1.807) is 6.20 Å². The van der Waals surface area contributed by atoms with Crippen LogP contribution >= 0.6 is 0 Å². The number of benzene rings is 1. The summed E-state index contributed by atoms with van der Waals surface area (Å²) in [6.45, 7) is 0. The van der Waals surface area contributed by atoms with E-state index in [-0.39, 0.29) is 12.1 Å². The van der Waals surface area contributed by atoms with Crippen molar-refractivity contribution in [2.45, 2.75) is 44.6 Å². The zero-order valence-electron chi connectivity index (χ0n) is 12.2. The Morgan fingerprint density at radius 2 is 1.86 bits per heavy atom. The van der Waals surface area contributed by atoms with Crippen LogP contribution in [-0.4, -0.2) is 17.1 Å². The van der Waals surface area contributed by atoms with Gasteiger partial charge in [0, 0.05) is 17.1 Å². The molecule has 2 aliphatic carbocycles. The number of aromatic amines is 1. The van der Waals surface area contributed by atoms with Gasteiger partial charge in [0.2, 0.25) is 0 Å². The smallest absolute Gasteiger partial charge is 0.340 e. The molecule has 1 heterocycles. The molecule has 3 heteroatoms. The van der Waals surface area contributed by atoms with Gasteiger partial charge in [0.1, 0.15) is 6.10 Å². The molecule has 2 unspecified atom stereocenters. The van der Waals surface area contributed by atoms with E-state index in [4.69, 9.17) is 4.74 Å². The van der Waals surface area contributed by atoms with Crippen LogP contribution in [0.5, 0.6) is 0 Å². The summed E-state index contributed by atoms with van der Waals surface area (Å²) in [5.41, 5.74) is 1.66. The van der Waals surface area contributed by atoms with Crippen LogP contribution in [0.3, 0.4) is 0 Å². The minimum absolute atomic E-state index is 0.121. The second-order valence-electron chi connectivity index (χ2n) is 6.65. The lowest BCUT2D eigenvalue weighted by Crippen LogP contribution is -2.33. The van der Waals surface area contributed by atoms with Crippen LogP contribution < -0.4 is 0 Å². The number of carbonyl (C=O) groups is 1. The van der Waals surface area contributed by atoms with Crippen molar-refractivity contribution in [1.29, 1.82) is 0 Å². The van der Waals surface area contributed by atoms with E-state index in [1.165, 1.54) is 25.7 Å². The topological polar surface area (TPSA) is 42.1 Å². The number of aromatic nitrogens is 1. The number of ether oxygens (including phenoxy) is 1. The molecule has 0 saturated heterocycles. The molecular formula is C18H21NO2. The average molecular weight is 283 g/mol. The number of fused-ring (bicyclic) bond motifs is 3. The molecule has 0 amide bonds. The van der Waals surface area contributed by atoms with E-state index in [9.17, 15) is 4.79 Å².